The van der Waals surface area contributed by atoms with Crippen LogP contribution in [-0.4, -0.2) is 19.9 Å². The monoisotopic (exact) mass is 658 g/mol. The lowest BCUT2D eigenvalue weighted by atomic mass is 9.96. The average Bonchev–Trinajstić information content (AvgIpc) is 3.81. The fourth-order valence-electron chi connectivity index (χ4n) is 6.80. The maximum atomic E-state index is 6.24. The molecule has 3 heterocycles. The van der Waals surface area contributed by atoms with Crippen LogP contribution < -0.4 is 0 Å². The van der Waals surface area contributed by atoms with E-state index in [0.29, 0.717) is 17.5 Å². The normalized spacial score (nSPS) is 11.6. The van der Waals surface area contributed by atoms with Gasteiger partial charge in [0.1, 0.15) is 16.2 Å². The number of rotatable bonds is 5. The summed E-state index contributed by atoms with van der Waals surface area (Å²) in [5, 5.41) is 5.39. The molecule has 5 nitrogen and oxygen atoms in total. The summed E-state index contributed by atoms with van der Waals surface area (Å²) in [4.78, 5) is 20.4. The number of benzene rings is 7. The molecule has 0 fully saturated rings. The number of furan rings is 1. The summed E-state index contributed by atoms with van der Waals surface area (Å²) in [5.41, 5.74) is 8.64. The van der Waals surface area contributed by atoms with Gasteiger partial charge in [-0.15, -0.1) is 11.3 Å². The van der Waals surface area contributed by atoms with E-state index in [4.69, 9.17) is 24.4 Å². The Balaban J connectivity index is 1.17. The van der Waals surface area contributed by atoms with E-state index >= 15 is 0 Å². The molecule has 0 unspecified atom stereocenters. The van der Waals surface area contributed by atoms with E-state index in [0.717, 1.165) is 65.8 Å². The number of fused-ring (bicyclic) bond motifs is 6. The SMILES string of the molecule is c1ccc(-c2nc(-c3ccccc3-c3ccc4ccc5nc(-c6ccccc6)sc5c4c3)nc(-c3cccc4oc5ccccc5c34)n2)cc1. The van der Waals surface area contributed by atoms with Crippen molar-refractivity contribution >= 4 is 54.3 Å². The Morgan fingerprint density at radius 1 is 0.420 bits per heavy atom. The van der Waals surface area contributed by atoms with Gasteiger partial charge in [0, 0.05) is 38.4 Å². The van der Waals surface area contributed by atoms with Gasteiger partial charge in [-0.3, -0.25) is 0 Å². The number of hydrogen-bond donors (Lipinski definition) is 0. The molecule has 0 saturated heterocycles. The minimum absolute atomic E-state index is 0.596. The first kappa shape index (κ1) is 28.5. The van der Waals surface area contributed by atoms with Gasteiger partial charge < -0.3 is 4.42 Å². The summed E-state index contributed by atoms with van der Waals surface area (Å²) in [5.74, 6) is 1.82. The van der Waals surface area contributed by atoms with Crippen molar-refractivity contribution in [2.45, 2.75) is 0 Å². The fourth-order valence-corrected chi connectivity index (χ4v) is 7.90. The van der Waals surface area contributed by atoms with E-state index in [9.17, 15) is 0 Å². The quantitative estimate of drug-likeness (QED) is 0.184. The average molecular weight is 659 g/mol. The van der Waals surface area contributed by atoms with Gasteiger partial charge in [0.25, 0.3) is 0 Å². The number of thiazole rings is 1. The molecule has 0 N–H and O–H groups in total. The van der Waals surface area contributed by atoms with E-state index in [1.807, 2.05) is 72.8 Å². The van der Waals surface area contributed by atoms with Crippen molar-refractivity contribution in [3.63, 3.8) is 0 Å². The number of para-hydroxylation sites is 1. The summed E-state index contributed by atoms with van der Waals surface area (Å²) in [6, 6.07) is 53.9. The molecule has 0 spiro atoms. The summed E-state index contributed by atoms with van der Waals surface area (Å²) >= 11 is 1.73. The highest BCUT2D eigenvalue weighted by atomic mass is 32.1. The zero-order valence-corrected chi connectivity index (χ0v) is 27.4. The van der Waals surface area contributed by atoms with Crippen LogP contribution in [0.2, 0.25) is 0 Å². The van der Waals surface area contributed by atoms with Crippen LogP contribution in [0.15, 0.2) is 162 Å². The number of aromatic nitrogens is 4. The van der Waals surface area contributed by atoms with Gasteiger partial charge in [0.15, 0.2) is 17.5 Å². The number of hydrogen-bond acceptors (Lipinski definition) is 6. The summed E-state index contributed by atoms with van der Waals surface area (Å²) < 4.78 is 7.41. The smallest absolute Gasteiger partial charge is 0.164 e. The highest BCUT2D eigenvalue weighted by Crippen LogP contribution is 2.40. The first-order valence-corrected chi connectivity index (χ1v) is 17.3. The minimum Gasteiger partial charge on any atom is -0.456 e. The highest BCUT2D eigenvalue weighted by Gasteiger charge is 2.19. The first-order chi connectivity index (χ1) is 24.8. The molecule has 0 bridgehead atoms. The van der Waals surface area contributed by atoms with E-state index in [1.165, 1.54) is 15.5 Å². The molecular weight excluding hydrogens is 633 g/mol. The topological polar surface area (TPSA) is 64.7 Å². The lowest BCUT2D eigenvalue weighted by molar-refractivity contribution is 0.669. The van der Waals surface area contributed by atoms with Crippen LogP contribution in [0.25, 0.3) is 98.8 Å². The van der Waals surface area contributed by atoms with Gasteiger partial charge >= 0.3 is 0 Å². The van der Waals surface area contributed by atoms with Gasteiger partial charge in [-0.25, -0.2) is 19.9 Å². The molecule has 50 heavy (non-hydrogen) atoms. The summed E-state index contributed by atoms with van der Waals surface area (Å²) in [6.07, 6.45) is 0. The standard InChI is InChI=1S/C44H26N4OS/c1-3-12-28(13-4-1)41-46-42(48-43(47-41)34-19-11-21-38-39(34)33-18-9-10-20-37(33)49-38)32-17-8-7-16-31(32)30-23-22-27-24-25-36-40(35(27)26-30)50-44(45-36)29-14-5-2-6-15-29/h1-26H. The van der Waals surface area contributed by atoms with Crippen molar-refractivity contribution in [1.29, 1.82) is 0 Å². The molecule has 0 atom stereocenters. The third kappa shape index (κ3) is 4.77. The summed E-state index contributed by atoms with van der Waals surface area (Å²) in [7, 11) is 0. The van der Waals surface area contributed by atoms with Crippen LogP contribution in [0, 0.1) is 0 Å². The van der Waals surface area contributed by atoms with Crippen molar-refractivity contribution < 1.29 is 4.42 Å². The molecule has 0 radical (unpaired) electrons. The van der Waals surface area contributed by atoms with Crippen molar-refractivity contribution in [3.8, 4) is 55.9 Å². The van der Waals surface area contributed by atoms with Gasteiger partial charge in [-0.05, 0) is 40.8 Å². The maximum absolute atomic E-state index is 6.24. The van der Waals surface area contributed by atoms with Crippen LogP contribution in [0.5, 0.6) is 0 Å². The molecule has 10 rings (SSSR count). The summed E-state index contributed by atoms with van der Waals surface area (Å²) in [6.45, 7) is 0. The molecule has 0 aliphatic rings. The molecule has 234 valence electrons. The van der Waals surface area contributed by atoms with Crippen molar-refractivity contribution in [1.82, 2.24) is 19.9 Å². The van der Waals surface area contributed by atoms with E-state index in [1.54, 1.807) is 11.3 Å². The highest BCUT2D eigenvalue weighted by molar-refractivity contribution is 7.22. The first-order valence-electron chi connectivity index (χ1n) is 16.5. The van der Waals surface area contributed by atoms with Crippen molar-refractivity contribution in [2.24, 2.45) is 0 Å². The van der Waals surface area contributed by atoms with Crippen LogP contribution in [0.4, 0.5) is 0 Å². The molecule has 7 aromatic carbocycles. The second kappa shape index (κ2) is 11.6. The largest absolute Gasteiger partial charge is 0.456 e. The second-order valence-corrected chi connectivity index (χ2v) is 13.2. The Bertz CT molecular complexity index is 2880. The van der Waals surface area contributed by atoms with Crippen molar-refractivity contribution in [2.75, 3.05) is 0 Å². The van der Waals surface area contributed by atoms with Gasteiger partial charge in [-0.1, -0.05) is 133 Å². The van der Waals surface area contributed by atoms with Gasteiger partial charge in [0.2, 0.25) is 0 Å². The minimum atomic E-state index is 0.596. The third-order valence-electron chi connectivity index (χ3n) is 9.18. The molecule has 0 saturated carbocycles. The third-order valence-corrected chi connectivity index (χ3v) is 10.3. The van der Waals surface area contributed by atoms with Crippen LogP contribution >= 0.6 is 11.3 Å². The van der Waals surface area contributed by atoms with E-state index in [-0.39, 0.29) is 0 Å². The maximum Gasteiger partial charge on any atom is 0.164 e. The predicted octanol–water partition coefficient (Wildman–Crippen LogP) is 11.9. The van der Waals surface area contributed by atoms with Crippen LogP contribution in [0.3, 0.4) is 0 Å². The zero-order chi connectivity index (χ0) is 33.0. The molecule has 10 aromatic rings. The molecule has 0 aliphatic heterocycles. The van der Waals surface area contributed by atoms with Crippen LogP contribution in [0.1, 0.15) is 0 Å². The molecule has 0 amide bonds. The van der Waals surface area contributed by atoms with Crippen LogP contribution in [-0.2, 0) is 0 Å². The second-order valence-electron chi connectivity index (χ2n) is 12.2. The zero-order valence-electron chi connectivity index (χ0n) is 26.6. The Hall–Kier alpha value is -6.50. The van der Waals surface area contributed by atoms with Gasteiger partial charge in [0.05, 0.1) is 10.2 Å². The fraction of sp³-hybridized carbons (Fsp3) is 0. The Morgan fingerprint density at radius 2 is 1.06 bits per heavy atom. The lowest BCUT2D eigenvalue weighted by Gasteiger charge is -2.13. The lowest BCUT2D eigenvalue weighted by Crippen LogP contribution is -2.01. The number of nitrogens with zero attached hydrogens (tertiary/aromatic N) is 4. The predicted molar refractivity (Wildman–Crippen MR) is 205 cm³/mol. The Kier molecular flexibility index (Phi) is 6.60. The van der Waals surface area contributed by atoms with Gasteiger partial charge in [-0.2, -0.15) is 0 Å². The van der Waals surface area contributed by atoms with E-state index in [2.05, 4.69) is 84.9 Å². The van der Waals surface area contributed by atoms with Crippen molar-refractivity contribution in [3.05, 3.63) is 158 Å². The Labute approximate surface area is 291 Å². The molecule has 6 heteroatoms. The Morgan fingerprint density at radius 3 is 1.90 bits per heavy atom. The molecule has 0 aliphatic carbocycles. The molecule has 3 aromatic heterocycles. The molecular formula is C44H26N4OS. The van der Waals surface area contributed by atoms with E-state index < -0.39 is 0 Å².